The summed E-state index contributed by atoms with van der Waals surface area (Å²) in [5.74, 6) is 2.96. The Kier molecular flexibility index (Phi) is 3.75. The highest BCUT2D eigenvalue weighted by Gasteiger charge is 2.23. The minimum absolute atomic E-state index is 0.559. The molecule has 0 unspecified atom stereocenters. The van der Waals surface area contributed by atoms with Crippen LogP contribution >= 0.6 is 11.6 Å². The second kappa shape index (κ2) is 5.89. The Morgan fingerprint density at radius 3 is 2.86 bits per heavy atom. The van der Waals surface area contributed by atoms with Crippen molar-refractivity contribution in [2.45, 2.75) is 19.3 Å². The molecule has 0 aromatic carbocycles. The van der Waals surface area contributed by atoms with Crippen molar-refractivity contribution >= 4 is 29.1 Å². The van der Waals surface area contributed by atoms with Crippen LogP contribution in [0.2, 0.25) is 0 Å². The summed E-state index contributed by atoms with van der Waals surface area (Å²) in [6.07, 6.45) is 3.19. The van der Waals surface area contributed by atoms with Gasteiger partial charge in [-0.25, -0.2) is 4.98 Å². The lowest BCUT2D eigenvalue weighted by Crippen LogP contribution is -2.36. The predicted molar refractivity (Wildman–Crippen MR) is 85.0 cm³/mol. The SMILES string of the molecule is ClCCNc1c2c(nc3nc(N4CCOCC4)nn13)CCC2. The van der Waals surface area contributed by atoms with Gasteiger partial charge in [0.1, 0.15) is 5.82 Å². The molecule has 118 valence electrons. The smallest absolute Gasteiger partial charge is 0.256 e. The fourth-order valence-corrected chi connectivity index (χ4v) is 3.21. The van der Waals surface area contributed by atoms with E-state index in [1.807, 2.05) is 4.52 Å². The Morgan fingerprint density at radius 1 is 1.18 bits per heavy atom. The number of halogens is 1. The molecule has 1 aliphatic carbocycles. The van der Waals surface area contributed by atoms with Gasteiger partial charge in [0.25, 0.3) is 5.78 Å². The second-order valence-electron chi connectivity index (χ2n) is 5.58. The quantitative estimate of drug-likeness (QED) is 0.850. The van der Waals surface area contributed by atoms with E-state index in [2.05, 4.69) is 20.3 Å². The van der Waals surface area contributed by atoms with E-state index < -0.39 is 0 Å². The van der Waals surface area contributed by atoms with Gasteiger partial charge in [-0.05, 0) is 19.3 Å². The number of aryl methyl sites for hydroxylation is 1. The molecule has 3 heterocycles. The number of hydrogen-bond donors (Lipinski definition) is 1. The maximum atomic E-state index is 5.83. The van der Waals surface area contributed by atoms with Crippen molar-refractivity contribution in [1.82, 2.24) is 19.6 Å². The third kappa shape index (κ3) is 2.38. The molecule has 4 rings (SSSR count). The fourth-order valence-electron chi connectivity index (χ4n) is 3.12. The van der Waals surface area contributed by atoms with E-state index in [4.69, 9.17) is 21.3 Å². The zero-order valence-corrected chi connectivity index (χ0v) is 13.1. The summed E-state index contributed by atoms with van der Waals surface area (Å²) in [7, 11) is 0. The minimum Gasteiger partial charge on any atom is -0.378 e. The highest BCUT2D eigenvalue weighted by atomic mass is 35.5. The van der Waals surface area contributed by atoms with Gasteiger partial charge in [0.05, 0.1) is 18.9 Å². The molecular formula is C14H19ClN6O. The van der Waals surface area contributed by atoms with Crippen molar-refractivity contribution in [2.24, 2.45) is 0 Å². The van der Waals surface area contributed by atoms with Crippen molar-refractivity contribution in [3.63, 3.8) is 0 Å². The molecule has 1 saturated heterocycles. The highest BCUT2D eigenvalue weighted by molar-refractivity contribution is 6.18. The van der Waals surface area contributed by atoms with Crippen molar-refractivity contribution in [3.05, 3.63) is 11.3 Å². The average Bonchev–Trinajstić information content (AvgIpc) is 3.18. The van der Waals surface area contributed by atoms with E-state index >= 15 is 0 Å². The van der Waals surface area contributed by atoms with Gasteiger partial charge in [0, 0.05) is 31.1 Å². The largest absolute Gasteiger partial charge is 0.378 e. The minimum atomic E-state index is 0.559. The molecule has 2 aromatic rings. The highest BCUT2D eigenvalue weighted by Crippen LogP contribution is 2.28. The van der Waals surface area contributed by atoms with E-state index in [9.17, 15) is 0 Å². The molecule has 0 bridgehead atoms. The first-order chi connectivity index (χ1) is 10.9. The van der Waals surface area contributed by atoms with Crippen LogP contribution < -0.4 is 10.2 Å². The molecule has 1 aliphatic heterocycles. The van der Waals surface area contributed by atoms with Crippen LogP contribution in [0.15, 0.2) is 0 Å². The first kappa shape index (κ1) is 14.0. The number of alkyl halides is 1. The van der Waals surface area contributed by atoms with Gasteiger partial charge < -0.3 is 15.0 Å². The number of morpholine rings is 1. The molecule has 0 radical (unpaired) electrons. The number of ether oxygens (including phenoxy) is 1. The number of nitrogens with zero attached hydrogens (tertiary/aromatic N) is 5. The standard InChI is InChI=1S/C14H19ClN6O/c15-4-5-16-12-10-2-1-3-11(10)17-13-18-14(19-21(12)13)20-6-8-22-9-7-20/h16H,1-9H2. The van der Waals surface area contributed by atoms with E-state index in [0.29, 0.717) is 18.2 Å². The molecular weight excluding hydrogens is 304 g/mol. The molecule has 0 saturated carbocycles. The topological polar surface area (TPSA) is 67.6 Å². The lowest BCUT2D eigenvalue weighted by Gasteiger charge is -2.25. The summed E-state index contributed by atoms with van der Waals surface area (Å²) < 4.78 is 7.23. The van der Waals surface area contributed by atoms with Gasteiger partial charge in [0.2, 0.25) is 5.95 Å². The van der Waals surface area contributed by atoms with Gasteiger partial charge in [0.15, 0.2) is 0 Å². The molecule has 2 aliphatic rings. The maximum Gasteiger partial charge on any atom is 0.256 e. The van der Waals surface area contributed by atoms with E-state index in [0.717, 1.165) is 63.0 Å². The third-order valence-electron chi connectivity index (χ3n) is 4.18. The summed E-state index contributed by atoms with van der Waals surface area (Å²) in [6.45, 7) is 3.79. The Hall–Kier alpha value is -1.60. The molecule has 22 heavy (non-hydrogen) atoms. The number of hydrogen-bond acceptors (Lipinski definition) is 6. The monoisotopic (exact) mass is 322 g/mol. The van der Waals surface area contributed by atoms with Crippen LogP contribution in [0, 0.1) is 0 Å². The molecule has 1 fully saturated rings. The van der Waals surface area contributed by atoms with Crippen LogP contribution in [0.5, 0.6) is 0 Å². The number of fused-ring (bicyclic) bond motifs is 2. The predicted octanol–water partition coefficient (Wildman–Crippen LogP) is 1.10. The summed E-state index contributed by atoms with van der Waals surface area (Å²) in [6, 6.07) is 0. The van der Waals surface area contributed by atoms with Crippen molar-refractivity contribution in [3.8, 4) is 0 Å². The Bertz CT molecular complexity index is 682. The van der Waals surface area contributed by atoms with Gasteiger partial charge in [-0.2, -0.15) is 9.50 Å². The van der Waals surface area contributed by atoms with Gasteiger partial charge in [-0.15, -0.1) is 16.7 Å². The lowest BCUT2D eigenvalue weighted by molar-refractivity contribution is 0.122. The number of aromatic nitrogens is 4. The average molecular weight is 323 g/mol. The Labute approximate surface area is 133 Å². The summed E-state index contributed by atoms with van der Waals surface area (Å²) in [5.41, 5.74) is 2.40. The zero-order chi connectivity index (χ0) is 14.9. The van der Waals surface area contributed by atoms with Crippen molar-refractivity contribution < 1.29 is 4.74 Å². The first-order valence-electron chi connectivity index (χ1n) is 7.78. The lowest BCUT2D eigenvalue weighted by atomic mass is 10.2. The Morgan fingerprint density at radius 2 is 2.05 bits per heavy atom. The van der Waals surface area contributed by atoms with Gasteiger partial charge in [-0.3, -0.25) is 0 Å². The van der Waals surface area contributed by atoms with Crippen LogP contribution in [0.1, 0.15) is 17.7 Å². The van der Waals surface area contributed by atoms with Crippen molar-refractivity contribution in [1.29, 1.82) is 0 Å². The maximum absolute atomic E-state index is 5.83. The molecule has 0 amide bonds. The molecule has 2 aromatic heterocycles. The first-order valence-corrected chi connectivity index (χ1v) is 8.31. The van der Waals surface area contributed by atoms with Crippen molar-refractivity contribution in [2.75, 3.05) is 48.9 Å². The number of anilines is 2. The Balaban J connectivity index is 1.77. The van der Waals surface area contributed by atoms with Crippen LogP contribution in [-0.4, -0.2) is 58.3 Å². The third-order valence-corrected chi connectivity index (χ3v) is 4.37. The van der Waals surface area contributed by atoms with Crippen LogP contribution in [-0.2, 0) is 17.6 Å². The number of nitrogens with one attached hydrogen (secondary N) is 1. The molecule has 0 atom stereocenters. The summed E-state index contributed by atoms with van der Waals surface area (Å²) in [5, 5.41) is 8.07. The molecule has 8 heteroatoms. The molecule has 1 N–H and O–H groups in total. The summed E-state index contributed by atoms with van der Waals surface area (Å²) >= 11 is 5.83. The van der Waals surface area contributed by atoms with E-state index in [-0.39, 0.29) is 0 Å². The molecule has 0 spiro atoms. The van der Waals surface area contributed by atoms with Crippen LogP contribution in [0.25, 0.3) is 5.78 Å². The summed E-state index contributed by atoms with van der Waals surface area (Å²) in [4.78, 5) is 11.5. The van der Waals surface area contributed by atoms with E-state index in [1.54, 1.807) is 0 Å². The molecule has 7 nitrogen and oxygen atoms in total. The van der Waals surface area contributed by atoms with Gasteiger partial charge in [-0.1, -0.05) is 0 Å². The second-order valence-corrected chi connectivity index (χ2v) is 5.96. The zero-order valence-electron chi connectivity index (χ0n) is 12.4. The fraction of sp³-hybridized carbons (Fsp3) is 0.643. The van der Waals surface area contributed by atoms with E-state index in [1.165, 1.54) is 5.56 Å². The van der Waals surface area contributed by atoms with Crippen LogP contribution in [0.4, 0.5) is 11.8 Å². The van der Waals surface area contributed by atoms with Crippen LogP contribution in [0.3, 0.4) is 0 Å². The number of rotatable bonds is 4. The van der Waals surface area contributed by atoms with Gasteiger partial charge >= 0.3 is 0 Å². The normalized spacial score (nSPS) is 18.0.